The first-order valence-corrected chi connectivity index (χ1v) is 6.43. The first kappa shape index (κ1) is 12.6. The van der Waals surface area contributed by atoms with Gasteiger partial charge in [-0.3, -0.25) is 0 Å². The molecule has 0 unspecified atom stereocenters. The van der Waals surface area contributed by atoms with Gasteiger partial charge in [-0.15, -0.1) is 0 Å². The highest BCUT2D eigenvalue weighted by molar-refractivity contribution is 5.91. The fraction of sp³-hybridized carbons (Fsp3) is 0. The Labute approximate surface area is 122 Å². The molecule has 4 rings (SSSR count). The van der Waals surface area contributed by atoms with Gasteiger partial charge in [0.2, 0.25) is 5.82 Å². The lowest BCUT2D eigenvalue weighted by atomic mass is 10.2. The number of fused-ring (bicyclic) bond motifs is 1. The molecule has 7 heteroatoms. The van der Waals surface area contributed by atoms with Gasteiger partial charge in [-0.25, -0.2) is 13.8 Å². The molecule has 1 N–H and O–H groups in total. The fourth-order valence-electron chi connectivity index (χ4n) is 2.27. The summed E-state index contributed by atoms with van der Waals surface area (Å²) in [6.07, 6.45) is 3.37. The van der Waals surface area contributed by atoms with Crippen molar-refractivity contribution in [3.63, 3.8) is 0 Å². The van der Waals surface area contributed by atoms with Crippen LogP contribution in [0.15, 0.2) is 47.2 Å². The van der Waals surface area contributed by atoms with Crippen molar-refractivity contribution in [1.82, 2.24) is 20.1 Å². The maximum Gasteiger partial charge on any atom is 0.258 e. The monoisotopic (exact) mass is 298 g/mol. The van der Waals surface area contributed by atoms with Crippen LogP contribution in [0.2, 0.25) is 0 Å². The van der Waals surface area contributed by atoms with E-state index >= 15 is 0 Å². The number of benzene rings is 1. The SMILES string of the molecule is Fc1cc(F)cc(-c2nc(-c3c[nH]c4ncccc34)no2)c1. The summed E-state index contributed by atoms with van der Waals surface area (Å²) in [5.74, 6) is -1.04. The van der Waals surface area contributed by atoms with E-state index in [0.29, 0.717) is 17.0 Å². The van der Waals surface area contributed by atoms with Crippen LogP contribution in [0.4, 0.5) is 8.78 Å². The molecule has 0 atom stereocenters. The van der Waals surface area contributed by atoms with Gasteiger partial charge in [-0.2, -0.15) is 4.98 Å². The first-order chi connectivity index (χ1) is 10.7. The minimum absolute atomic E-state index is 0.0478. The van der Waals surface area contributed by atoms with Gasteiger partial charge in [0.15, 0.2) is 0 Å². The number of nitrogens with zero attached hydrogens (tertiary/aromatic N) is 3. The molecule has 108 valence electrons. The van der Waals surface area contributed by atoms with Crippen LogP contribution >= 0.6 is 0 Å². The Morgan fingerprint density at radius 2 is 1.91 bits per heavy atom. The molecule has 5 nitrogen and oxygen atoms in total. The third kappa shape index (κ3) is 2.03. The highest BCUT2D eigenvalue weighted by Gasteiger charge is 2.15. The van der Waals surface area contributed by atoms with E-state index in [0.717, 1.165) is 23.6 Å². The van der Waals surface area contributed by atoms with E-state index in [4.69, 9.17) is 4.52 Å². The van der Waals surface area contributed by atoms with Gasteiger partial charge < -0.3 is 9.51 Å². The molecule has 0 aliphatic heterocycles. The predicted molar refractivity (Wildman–Crippen MR) is 74.7 cm³/mol. The van der Waals surface area contributed by atoms with E-state index in [1.165, 1.54) is 0 Å². The third-order valence-electron chi connectivity index (χ3n) is 3.23. The van der Waals surface area contributed by atoms with Crippen LogP contribution in [0.1, 0.15) is 0 Å². The highest BCUT2D eigenvalue weighted by Crippen LogP contribution is 2.28. The van der Waals surface area contributed by atoms with E-state index in [-0.39, 0.29) is 11.5 Å². The quantitative estimate of drug-likeness (QED) is 0.614. The van der Waals surface area contributed by atoms with Gasteiger partial charge in [0.1, 0.15) is 17.3 Å². The van der Waals surface area contributed by atoms with Crippen LogP contribution in [0.3, 0.4) is 0 Å². The summed E-state index contributed by atoms with van der Waals surface area (Å²) in [4.78, 5) is 11.4. The number of nitrogens with one attached hydrogen (secondary N) is 1. The van der Waals surface area contributed by atoms with Gasteiger partial charge >= 0.3 is 0 Å². The molecule has 0 saturated heterocycles. The van der Waals surface area contributed by atoms with E-state index in [2.05, 4.69) is 20.1 Å². The number of aromatic nitrogens is 4. The molecular weight excluding hydrogens is 290 g/mol. The van der Waals surface area contributed by atoms with Crippen LogP contribution in [0.5, 0.6) is 0 Å². The highest BCUT2D eigenvalue weighted by atomic mass is 19.1. The molecule has 1 aromatic carbocycles. The fourth-order valence-corrected chi connectivity index (χ4v) is 2.27. The number of aromatic amines is 1. The zero-order valence-electron chi connectivity index (χ0n) is 11.0. The van der Waals surface area contributed by atoms with Crippen LogP contribution in [0, 0.1) is 11.6 Å². The Hall–Kier alpha value is -3.09. The molecule has 0 saturated carbocycles. The van der Waals surface area contributed by atoms with E-state index in [1.807, 2.05) is 6.07 Å². The van der Waals surface area contributed by atoms with Crippen LogP contribution < -0.4 is 0 Å². The molecule has 0 spiro atoms. The molecule has 0 aliphatic rings. The largest absolute Gasteiger partial charge is 0.345 e. The van der Waals surface area contributed by atoms with Crippen LogP contribution in [-0.4, -0.2) is 20.1 Å². The smallest absolute Gasteiger partial charge is 0.258 e. The van der Waals surface area contributed by atoms with Crippen molar-refractivity contribution < 1.29 is 13.3 Å². The lowest BCUT2D eigenvalue weighted by molar-refractivity contribution is 0.431. The van der Waals surface area contributed by atoms with Crippen molar-refractivity contribution in [3.8, 4) is 22.8 Å². The maximum atomic E-state index is 13.3. The number of hydrogen-bond acceptors (Lipinski definition) is 4. The number of pyridine rings is 1. The molecule has 3 heterocycles. The van der Waals surface area contributed by atoms with Gasteiger partial charge in [-0.1, -0.05) is 5.16 Å². The lowest BCUT2D eigenvalue weighted by Crippen LogP contribution is -1.84. The average molecular weight is 298 g/mol. The molecule has 0 amide bonds. The first-order valence-electron chi connectivity index (χ1n) is 6.43. The number of halogens is 2. The van der Waals surface area contributed by atoms with Gasteiger partial charge in [0.25, 0.3) is 5.89 Å². The van der Waals surface area contributed by atoms with Crippen molar-refractivity contribution in [1.29, 1.82) is 0 Å². The molecule has 22 heavy (non-hydrogen) atoms. The Morgan fingerprint density at radius 1 is 1.09 bits per heavy atom. The summed E-state index contributed by atoms with van der Waals surface area (Å²) in [7, 11) is 0. The molecular formula is C15H8F2N4O. The summed E-state index contributed by atoms with van der Waals surface area (Å²) < 4.78 is 31.6. The number of H-pyrrole nitrogens is 1. The molecule has 4 aromatic rings. The van der Waals surface area contributed by atoms with Crippen LogP contribution in [0.25, 0.3) is 33.9 Å². The summed E-state index contributed by atoms with van der Waals surface area (Å²) in [5.41, 5.74) is 1.59. The lowest BCUT2D eigenvalue weighted by Gasteiger charge is -1.95. The zero-order chi connectivity index (χ0) is 15.1. The van der Waals surface area contributed by atoms with Crippen molar-refractivity contribution in [3.05, 3.63) is 54.4 Å². The zero-order valence-corrected chi connectivity index (χ0v) is 11.0. The minimum atomic E-state index is -0.703. The Balaban J connectivity index is 1.81. The third-order valence-corrected chi connectivity index (χ3v) is 3.23. The van der Waals surface area contributed by atoms with Crippen molar-refractivity contribution in [2.24, 2.45) is 0 Å². The molecule has 0 fully saturated rings. The molecule has 0 bridgehead atoms. The summed E-state index contributed by atoms with van der Waals surface area (Å²) in [5, 5.41) is 4.70. The van der Waals surface area contributed by atoms with E-state index in [1.54, 1.807) is 18.5 Å². The minimum Gasteiger partial charge on any atom is -0.345 e. The second kappa shape index (κ2) is 4.73. The summed E-state index contributed by atoms with van der Waals surface area (Å²) >= 11 is 0. The van der Waals surface area contributed by atoms with Crippen molar-refractivity contribution in [2.45, 2.75) is 0 Å². The standard InChI is InChI=1S/C15H8F2N4O/c16-9-4-8(5-10(17)6-9)15-20-14(21-22-15)12-7-19-13-11(12)2-1-3-18-13/h1-7H,(H,18,19). The predicted octanol–water partition coefficient (Wildman–Crippen LogP) is 3.56. The second-order valence-corrected chi connectivity index (χ2v) is 4.68. The average Bonchev–Trinajstić information content (AvgIpc) is 3.12. The maximum absolute atomic E-state index is 13.3. The molecule has 0 radical (unpaired) electrons. The molecule has 3 aromatic heterocycles. The van der Waals surface area contributed by atoms with Crippen molar-refractivity contribution >= 4 is 11.0 Å². The van der Waals surface area contributed by atoms with Crippen LogP contribution in [-0.2, 0) is 0 Å². The number of rotatable bonds is 2. The summed E-state index contributed by atoms with van der Waals surface area (Å²) in [6.45, 7) is 0. The van der Waals surface area contributed by atoms with Gasteiger partial charge in [0, 0.05) is 35.0 Å². The van der Waals surface area contributed by atoms with Gasteiger partial charge in [0.05, 0.1) is 0 Å². The number of hydrogen-bond donors (Lipinski definition) is 1. The van der Waals surface area contributed by atoms with Crippen molar-refractivity contribution in [2.75, 3.05) is 0 Å². The topological polar surface area (TPSA) is 67.6 Å². The van der Waals surface area contributed by atoms with E-state index in [9.17, 15) is 8.78 Å². The summed E-state index contributed by atoms with van der Waals surface area (Å²) in [6, 6.07) is 6.72. The Morgan fingerprint density at radius 3 is 2.73 bits per heavy atom. The molecule has 0 aliphatic carbocycles. The van der Waals surface area contributed by atoms with E-state index < -0.39 is 11.6 Å². The normalized spacial score (nSPS) is 11.2. The second-order valence-electron chi connectivity index (χ2n) is 4.68. The Bertz CT molecular complexity index is 956. The van der Waals surface area contributed by atoms with Gasteiger partial charge in [-0.05, 0) is 24.3 Å². The Kier molecular flexibility index (Phi) is 2.72.